The van der Waals surface area contributed by atoms with E-state index < -0.39 is 0 Å². The predicted molar refractivity (Wildman–Crippen MR) is 69.2 cm³/mol. The molecule has 0 radical (unpaired) electrons. The summed E-state index contributed by atoms with van der Waals surface area (Å²) < 4.78 is 7.29. The van der Waals surface area contributed by atoms with Crippen LogP contribution >= 0.6 is 0 Å². The van der Waals surface area contributed by atoms with E-state index in [0.717, 1.165) is 11.5 Å². The summed E-state index contributed by atoms with van der Waals surface area (Å²) in [7, 11) is 0. The van der Waals surface area contributed by atoms with Crippen LogP contribution in [0.5, 0.6) is 0 Å². The molecule has 2 atom stereocenters. The molecule has 1 saturated heterocycles. The van der Waals surface area contributed by atoms with E-state index in [4.69, 9.17) is 4.74 Å². The number of morpholine rings is 1. The molecule has 1 N–H and O–H groups in total. The first-order valence-electron chi connectivity index (χ1n) is 6.35. The Hall–Kier alpha value is -1.73. The lowest BCUT2D eigenvalue weighted by Gasteiger charge is -2.38. The third kappa shape index (κ3) is 2.15. The van der Waals surface area contributed by atoms with Gasteiger partial charge < -0.3 is 14.7 Å². The first kappa shape index (κ1) is 12.3. The molecule has 1 aliphatic rings. The highest BCUT2D eigenvalue weighted by molar-refractivity contribution is 5.48. The van der Waals surface area contributed by atoms with Crippen LogP contribution in [0.25, 0.3) is 5.78 Å². The molecule has 0 aliphatic carbocycles. The summed E-state index contributed by atoms with van der Waals surface area (Å²) in [5, 5.41) is 13.5. The van der Waals surface area contributed by atoms with Crippen molar-refractivity contribution in [2.75, 3.05) is 24.7 Å². The Morgan fingerprint density at radius 3 is 3.16 bits per heavy atom. The van der Waals surface area contributed by atoms with Gasteiger partial charge in [0.1, 0.15) is 12.1 Å². The van der Waals surface area contributed by atoms with Crippen LogP contribution in [-0.2, 0) is 4.74 Å². The number of aryl methyl sites for hydroxylation is 1. The standard InChI is InChI=1S/C12H17N5O2/c1-8-3-11(17-12(15-8)13-7-14-17)16-4-10(5-18)19-6-9(16)2/h3,7,9-10,18H,4-6H2,1-2H3. The van der Waals surface area contributed by atoms with Gasteiger partial charge in [-0.25, -0.2) is 4.98 Å². The number of aliphatic hydroxyl groups excluding tert-OH is 1. The van der Waals surface area contributed by atoms with Crippen molar-refractivity contribution in [3.63, 3.8) is 0 Å². The summed E-state index contributed by atoms with van der Waals surface area (Å²) >= 11 is 0. The van der Waals surface area contributed by atoms with E-state index in [1.165, 1.54) is 6.33 Å². The number of hydrogen-bond donors (Lipinski definition) is 1. The van der Waals surface area contributed by atoms with E-state index >= 15 is 0 Å². The first-order chi connectivity index (χ1) is 9.19. The van der Waals surface area contributed by atoms with E-state index in [1.54, 1.807) is 4.52 Å². The zero-order valence-electron chi connectivity index (χ0n) is 11.0. The maximum Gasteiger partial charge on any atom is 0.254 e. The summed E-state index contributed by atoms with van der Waals surface area (Å²) in [4.78, 5) is 10.7. The molecule has 3 rings (SSSR count). The molecule has 1 fully saturated rings. The normalized spacial score (nSPS) is 24.1. The number of aliphatic hydroxyl groups is 1. The van der Waals surface area contributed by atoms with Crippen molar-refractivity contribution in [3.05, 3.63) is 18.1 Å². The predicted octanol–water partition coefficient (Wildman–Crippen LogP) is 0.0187. The van der Waals surface area contributed by atoms with E-state index in [2.05, 4.69) is 26.9 Å². The lowest BCUT2D eigenvalue weighted by atomic mass is 10.2. The largest absolute Gasteiger partial charge is 0.394 e. The maximum atomic E-state index is 9.27. The molecule has 1 aliphatic heterocycles. The number of hydrogen-bond acceptors (Lipinski definition) is 6. The Labute approximate surface area is 110 Å². The van der Waals surface area contributed by atoms with Crippen LogP contribution in [0.15, 0.2) is 12.4 Å². The number of aromatic nitrogens is 4. The molecule has 2 aromatic heterocycles. The molecule has 19 heavy (non-hydrogen) atoms. The van der Waals surface area contributed by atoms with Gasteiger partial charge in [0.15, 0.2) is 0 Å². The summed E-state index contributed by atoms with van der Waals surface area (Å²) in [6.45, 7) is 5.27. The lowest BCUT2D eigenvalue weighted by Crippen LogP contribution is -2.50. The minimum atomic E-state index is -0.164. The molecule has 0 saturated carbocycles. The van der Waals surface area contributed by atoms with Gasteiger partial charge >= 0.3 is 0 Å². The summed E-state index contributed by atoms with van der Waals surface area (Å²) in [5.74, 6) is 1.53. The Morgan fingerprint density at radius 2 is 2.37 bits per heavy atom. The van der Waals surface area contributed by atoms with Gasteiger partial charge in [0.25, 0.3) is 5.78 Å². The lowest BCUT2D eigenvalue weighted by molar-refractivity contribution is -0.0107. The third-order valence-electron chi connectivity index (χ3n) is 3.36. The van der Waals surface area contributed by atoms with Gasteiger partial charge in [-0.1, -0.05) is 0 Å². The van der Waals surface area contributed by atoms with E-state index in [9.17, 15) is 5.11 Å². The smallest absolute Gasteiger partial charge is 0.254 e. The second-order valence-electron chi connectivity index (χ2n) is 4.87. The zero-order valence-corrected chi connectivity index (χ0v) is 11.0. The van der Waals surface area contributed by atoms with Crippen LogP contribution in [0.3, 0.4) is 0 Å². The average molecular weight is 263 g/mol. The number of anilines is 1. The van der Waals surface area contributed by atoms with Gasteiger partial charge in [-0.15, -0.1) is 0 Å². The van der Waals surface area contributed by atoms with Crippen molar-refractivity contribution in [2.45, 2.75) is 26.0 Å². The molecule has 0 bridgehead atoms. The molecule has 0 amide bonds. The molecule has 7 nitrogen and oxygen atoms in total. The molecule has 7 heteroatoms. The van der Waals surface area contributed by atoms with Crippen LogP contribution in [0.2, 0.25) is 0 Å². The van der Waals surface area contributed by atoms with Crippen molar-refractivity contribution in [3.8, 4) is 0 Å². The third-order valence-corrected chi connectivity index (χ3v) is 3.36. The molecule has 0 aromatic carbocycles. The average Bonchev–Trinajstić information content (AvgIpc) is 2.86. The summed E-state index contributed by atoms with van der Waals surface area (Å²) in [6.07, 6.45) is 1.34. The fourth-order valence-corrected chi connectivity index (χ4v) is 2.36. The van der Waals surface area contributed by atoms with E-state index in [1.807, 2.05) is 13.0 Å². The van der Waals surface area contributed by atoms with Gasteiger partial charge in [-0.2, -0.15) is 14.6 Å². The highest BCUT2D eigenvalue weighted by atomic mass is 16.5. The van der Waals surface area contributed by atoms with E-state index in [-0.39, 0.29) is 18.8 Å². The number of nitrogens with zero attached hydrogens (tertiary/aromatic N) is 5. The van der Waals surface area contributed by atoms with Crippen LogP contribution in [0.1, 0.15) is 12.6 Å². The Morgan fingerprint density at radius 1 is 1.53 bits per heavy atom. The Bertz CT molecular complexity index is 585. The molecule has 102 valence electrons. The SMILES string of the molecule is Cc1cc(N2CC(CO)OCC2C)n2ncnc2n1. The number of rotatable bonds is 2. The molecule has 0 spiro atoms. The van der Waals surface area contributed by atoms with E-state index in [0.29, 0.717) is 18.9 Å². The van der Waals surface area contributed by atoms with Gasteiger partial charge in [0.05, 0.1) is 25.4 Å². The molecule has 2 aromatic rings. The minimum absolute atomic E-state index is 0.0216. The topological polar surface area (TPSA) is 75.8 Å². The van der Waals surface area contributed by atoms with Gasteiger partial charge in [-0.3, -0.25) is 0 Å². The van der Waals surface area contributed by atoms with Crippen molar-refractivity contribution < 1.29 is 9.84 Å². The molecular formula is C12H17N5O2. The van der Waals surface area contributed by atoms with Crippen molar-refractivity contribution in [1.29, 1.82) is 0 Å². The highest BCUT2D eigenvalue weighted by Crippen LogP contribution is 2.22. The van der Waals surface area contributed by atoms with Crippen molar-refractivity contribution in [1.82, 2.24) is 19.6 Å². The highest BCUT2D eigenvalue weighted by Gasteiger charge is 2.27. The first-order valence-corrected chi connectivity index (χ1v) is 6.35. The molecule has 2 unspecified atom stereocenters. The Kier molecular flexibility index (Phi) is 3.08. The second-order valence-corrected chi connectivity index (χ2v) is 4.87. The van der Waals surface area contributed by atoms with Crippen LogP contribution in [0, 0.1) is 6.92 Å². The van der Waals surface area contributed by atoms with Crippen molar-refractivity contribution >= 4 is 11.6 Å². The minimum Gasteiger partial charge on any atom is -0.394 e. The Balaban J connectivity index is 2.04. The second kappa shape index (κ2) is 4.75. The molecule has 3 heterocycles. The van der Waals surface area contributed by atoms with Crippen LogP contribution in [0.4, 0.5) is 5.82 Å². The van der Waals surface area contributed by atoms with Gasteiger partial charge in [-0.05, 0) is 13.8 Å². The summed E-state index contributed by atoms with van der Waals surface area (Å²) in [5.41, 5.74) is 0.898. The molecular weight excluding hydrogens is 246 g/mol. The number of ether oxygens (including phenoxy) is 1. The van der Waals surface area contributed by atoms with Crippen LogP contribution in [-0.4, -0.2) is 56.6 Å². The zero-order chi connectivity index (χ0) is 13.4. The van der Waals surface area contributed by atoms with Gasteiger partial charge in [0.2, 0.25) is 0 Å². The maximum absolute atomic E-state index is 9.27. The number of fused-ring (bicyclic) bond motifs is 1. The monoisotopic (exact) mass is 263 g/mol. The fraction of sp³-hybridized carbons (Fsp3) is 0.583. The van der Waals surface area contributed by atoms with Crippen LogP contribution < -0.4 is 4.90 Å². The fourth-order valence-electron chi connectivity index (χ4n) is 2.36. The quantitative estimate of drug-likeness (QED) is 0.823. The summed E-state index contributed by atoms with van der Waals surface area (Å²) in [6, 6.07) is 2.20. The van der Waals surface area contributed by atoms with Crippen molar-refractivity contribution in [2.24, 2.45) is 0 Å². The van der Waals surface area contributed by atoms with Gasteiger partial charge in [0, 0.05) is 18.3 Å².